The van der Waals surface area contributed by atoms with E-state index in [4.69, 9.17) is 5.26 Å². The number of nitrogens with zero attached hydrogens (tertiary/aromatic N) is 2. The Hall–Kier alpha value is -1.11. The Morgan fingerprint density at radius 1 is 1.57 bits per heavy atom. The van der Waals surface area contributed by atoms with Gasteiger partial charge in [0.25, 0.3) is 0 Å². The van der Waals surface area contributed by atoms with Gasteiger partial charge in [0.15, 0.2) is 0 Å². The summed E-state index contributed by atoms with van der Waals surface area (Å²) < 4.78 is 12.6. The Bertz CT molecular complexity index is 251. The maximum Gasteiger partial charge on any atom is 0.236 e. The number of rotatable bonds is 2. The smallest absolute Gasteiger partial charge is 0.236 e. The molecule has 0 aromatic rings. The van der Waals surface area contributed by atoms with Gasteiger partial charge in [-0.05, 0) is 18.3 Å². The fourth-order valence-electron chi connectivity index (χ4n) is 1.61. The minimum absolute atomic E-state index is 0.0632. The van der Waals surface area contributed by atoms with Gasteiger partial charge < -0.3 is 4.90 Å². The van der Waals surface area contributed by atoms with Gasteiger partial charge in [0, 0.05) is 13.1 Å². The highest BCUT2D eigenvalue weighted by atomic mass is 19.1. The summed E-state index contributed by atoms with van der Waals surface area (Å²) in [4.78, 5) is 13.0. The summed E-state index contributed by atoms with van der Waals surface area (Å²) in [6.45, 7) is 2.74. The van der Waals surface area contributed by atoms with E-state index in [1.165, 1.54) is 0 Å². The maximum absolute atomic E-state index is 12.6. The molecule has 1 heterocycles. The first-order chi connectivity index (χ1) is 6.61. The van der Waals surface area contributed by atoms with Crippen molar-refractivity contribution in [1.82, 2.24) is 4.90 Å². The van der Waals surface area contributed by atoms with Crippen LogP contribution in [0.2, 0.25) is 0 Å². The topological polar surface area (TPSA) is 44.1 Å². The van der Waals surface area contributed by atoms with Crippen molar-refractivity contribution in [1.29, 1.82) is 5.26 Å². The lowest BCUT2D eigenvalue weighted by atomic mass is 9.82. The highest BCUT2D eigenvalue weighted by Gasteiger charge is 2.31. The molecule has 1 aliphatic rings. The van der Waals surface area contributed by atoms with Crippen LogP contribution in [0.1, 0.15) is 26.2 Å². The summed E-state index contributed by atoms with van der Waals surface area (Å²) in [5.74, 6) is -0.131. The first-order valence-electron chi connectivity index (χ1n) is 4.82. The van der Waals surface area contributed by atoms with Gasteiger partial charge in [0.05, 0.1) is 12.7 Å². The van der Waals surface area contributed by atoms with Crippen molar-refractivity contribution in [2.45, 2.75) is 26.2 Å². The van der Waals surface area contributed by atoms with Crippen molar-refractivity contribution in [2.75, 3.05) is 19.8 Å². The number of nitriles is 1. The second-order valence-electron chi connectivity index (χ2n) is 4.16. The third-order valence-electron chi connectivity index (χ3n) is 2.88. The van der Waals surface area contributed by atoms with E-state index < -0.39 is 0 Å². The number of alkyl halides is 1. The van der Waals surface area contributed by atoms with Crippen LogP contribution in [-0.2, 0) is 4.79 Å². The van der Waals surface area contributed by atoms with Crippen LogP contribution in [0, 0.1) is 16.7 Å². The molecule has 14 heavy (non-hydrogen) atoms. The van der Waals surface area contributed by atoms with E-state index >= 15 is 0 Å². The molecular weight excluding hydrogens is 183 g/mol. The van der Waals surface area contributed by atoms with Gasteiger partial charge in [-0.1, -0.05) is 6.92 Å². The van der Waals surface area contributed by atoms with E-state index in [-0.39, 0.29) is 24.4 Å². The molecule has 78 valence electrons. The molecule has 0 unspecified atom stereocenters. The number of carbonyl (C=O) groups excluding carboxylic acids is 1. The Kier molecular flexibility index (Phi) is 3.45. The summed E-state index contributed by atoms with van der Waals surface area (Å²) in [6.07, 6.45) is 1.33. The van der Waals surface area contributed by atoms with Crippen LogP contribution in [0.3, 0.4) is 0 Å². The van der Waals surface area contributed by atoms with E-state index in [0.717, 1.165) is 0 Å². The highest BCUT2D eigenvalue weighted by molar-refractivity contribution is 5.78. The summed E-state index contributed by atoms with van der Waals surface area (Å²) in [5, 5.41) is 8.36. The van der Waals surface area contributed by atoms with Crippen LogP contribution in [0.5, 0.6) is 0 Å². The van der Waals surface area contributed by atoms with Crippen LogP contribution in [0.4, 0.5) is 4.39 Å². The SMILES string of the molecule is CC1(CF)CCN(C(=O)CC#N)CC1. The number of carbonyl (C=O) groups is 1. The summed E-state index contributed by atoms with van der Waals surface area (Å²) in [6, 6.07) is 1.83. The largest absolute Gasteiger partial charge is 0.342 e. The fourth-order valence-corrected chi connectivity index (χ4v) is 1.61. The van der Waals surface area contributed by atoms with Gasteiger partial charge >= 0.3 is 0 Å². The fraction of sp³-hybridized carbons (Fsp3) is 0.800. The first-order valence-corrected chi connectivity index (χ1v) is 4.82. The summed E-state index contributed by atoms with van der Waals surface area (Å²) in [7, 11) is 0. The second kappa shape index (κ2) is 4.41. The zero-order valence-corrected chi connectivity index (χ0v) is 8.42. The average Bonchev–Trinajstić information content (AvgIpc) is 2.19. The Morgan fingerprint density at radius 3 is 2.57 bits per heavy atom. The molecule has 3 nitrogen and oxygen atoms in total. The lowest BCUT2D eigenvalue weighted by molar-refractivity contribution is -0.132. The standard InChI is InChI=1S/C10H15FN2O/c1-10(8-11)3-6-13(7-4-10)9(14)2-5-12/h2-4,6-8H2,1H3. The lowest BCUT2D eigenvalue weighted by Crippen LogP contribution is -2.42. The van der Waals surface area contributed by atoms with Crippen LogP contribution < -0.4 is 0 Å². The molecule has 0 aromatic heterocycles. The Morgan fingerprint density at radius 2 is 2.14 bits per heavy atom. The van der Waals surface area contributed by atoms with Crippen molar-refractivity contribution >= 4 is 5.91 Å². The molecule has 1 aliphatic heterocycles. The number of likely N-dealkylation sites (tertiary alicyclic amines) is 1. The number of hydrogen-bond donors (Lipinski definition) is 0. The molecule has 0 atom stereocenters. The molecule has 0 radical (unpaired) electrons. The van der Waals surface area contributed by atoms with Gasteiger partial charge in [0.1, 0.15) is 6.42 Å². The average molecular weight is 198 g/mol. The molecule has 0 aromatic carbocycles. The van der Waals surface area contributed by atoms with Crippen molar-refractivity contribution in [3.63, 3.8) is 0 Å². The molecule has 1 fully saturated rings. The van der Waals surface area contributed by atoms with E-state index in [2.05, 4.69) is 0 Å². The quantitative estimate of drug-likeness (QED) is 0.674. The van der Waals surface area contributed by atoms with Crippen molar-refractivity contribution in [2.24, 2.45) is 5.41 Å². The molecular formula is C10H15FN2O. The number of halogens is 1. The number of amides is 1. The van der Waals surface area contributed by atoms with Gasteiger partial charge in [-0.15, -0.1) is 0 Å². The van der Waals surface area contributed by atoms with Crippen molar-refractivity contribution < 1.29 is 9.18 Å². The summed E-state index contributed by atoms with van der Waals surface area (Å²) in [5.41, 5.74) is -0.260. The van der Waals surface area contributed by atoms with Crippen molar-refractivity contribution in [3.8, 4) is 6.07 Å². The Balaban J connectivity index is 2.44. The van der Waals surface area contributed by atoms with E-state index in [1.807, 2.05) is 13.0 Å². The predicted octanol–water partition coefficient (Wildman–Crippen LogP) is 1.50. The maximum atomic E-state index is 12.6. The van der Waals surface area contributed by atoms with E-state index in [9.17, 15) is 9.18 Å². The van der Waals surface area contributed by atoms with Gasteiger partial charge in [-0.25, -0.2) is 0 Å². The van der Waals surface area contributed by atoms with E-state index in [1.54, 1.807) is 4.90 Å². The predicted molar refractivity (Wildman–Crippen MR) is 50.1 cm³/mol. The third-order valence-corrected chi connectivity index (χ3v) is 2.88. The lowest BCUT2D eigenvalue weighted by Gasteiger charge is -2.37. The van der Waals surface area contributed by atoms with Crippen molar-refractivity contribution in [3.05, 3.63) is 0 Å². The minimum atomic E-state index is -0.326. The molecule has 0 spiro atoms. The summed E-state index contributed by atoms with van der Waals surface area (Å²) >= 11 is 0. The third kappa shape index (κ3) is 2.44. The molecule has 0 saturated carbocycles. The molecule has 1 amide bonds. The van der Waals surface area contributed by atoms with Gasteiger partial charge in [-0.2, -0.15) is 5.26 Å². The zero-order valence-electron chi connectivity index (χ0n) is 8.42. The molecule has 1 saturated heterocycles. The van der Waals surface area contributed by atoms with Gasteiger partial charge in [-0.3, -0.25) is 9.18 Å². The minimum Gasteiger partial charge on any atom is -0.342 e. The molecule has 4 heteroatoms. The first kappa shape index (κ1) is 11.0. The Labute approximate surface area is 83.5 Å². The van der Waals surface area contributed by atoms with Crippen LogP contribution in [0.25, 0.3) is 0 Å². The monoisotopic (exact) mass is 198 g/mol. The normalized spacial score (nSPS) is 20.2. The van der Waals surface area contributed by atoms with Crippen LogP contribution in [-0.4, -0.2) is 30.6 Å². The van der Waals surface area contributed by atoms with Crippen LogP contribution >= 0.6 is 0 Å². The zero-order chi connectivity index (χ0) is 10.6. The number of piperidine rings is 1. The van der Waals surface area contributed by atoms with Gasteiger partial charge in [0.2, 0.25) is 5.91 Å². The second-order valence-corrected chi connectivity index (χ2v) is 4.16. The molecule has 0 N–H and O–H groups in total. The number of hydrogen-bond acceptors (Lipinski definition) is 2. The van der Waals surface area contributed by atoms with Crippen LogP contribution in [0.15, 0.2) is 0 Å². The van der Waals surface area contributed by atoms with E-state index in [0.29, 0.717) is 25.9 Å². The highest BCUT2D eigenvalue weighted by Crippen LogP contribution is 2.31. The molecule has 0 bridgehead atoms. The molecule has 0 aliphatic carbocycles. The molecule has 1 rings (SSSR count).